The molecule has 0 spiro atoms. The first kappa shape index (κ1) is 15.4. The largest absolute Gasteiger partial charge is 0.573 e. The molecule has 1 aromatic heterocycles. The minimum absolute atomic E-state index is 0.115. The number of hydrogen-bond donors (Lipinski definition) is 1. The number of benzene rings is 1. The van der Waals surface area contributed by atoms with Crippen molar-refractivity contribution < 1.29 is 22.6 Å². The van der Waals surface area contributed by atoms with Crippen molar-refractivity contribution in [2.24, 2.45) is 0 Å². The Hall–Kier alpha value is -1.96. The molecule has 0 bridgehead atoms. The number of alkyl halides is 3. The number of rotatable bonds is 3. The molecular weight excluding hydrogens is 353 g/mol. The van der Waals surface area contributed by atoms with Crippen LogP contribution in [0.5, 0.6) is 17.4 Å². The van der Waals surface area contributed by atoms with Crippen molar-refractivity contribution >= 4 is 21.6 Å². The first-order valence-electron chi connectivity index (χ1n) is 5.70. The Bertz CT molecular complexity index is 662. The summed E-state index contributed by atoms with van der Waals surface area (Å²) in [6, 6.07) is 5.48. The summed E-state index contributed by atoms with van der Waals surface area (Å²) >= 11 is 2.99. The lowest BCUT2D eigenvalue weighted by molar-refractivity contribution is -0.274. The third kappa shape index (κ3) is 4.25. The van der Waals surface area contributed by atoms with E-state index in [2.05, 4.69) is 25.7 Å². The van der Waals surface area contributed by atoms with Crippen LogP contribution in [0.2, 0.25) is 0 Å². The van der Waals surface area contributed by atoms with E-state index in [0.717, 1.165) is 11.6 Å². The molecule has 2 aromatic rings. The average molecular weight is 363 g/mol. The normalized spacial score (nSPS) is 11.3. The molecule has 0 saturated heterocycles. The van der Waals surface area contributed by atoms with Crippen molar-refractivity contribution in [3.05, 3.63) is 40.5 Å². The Morgan fingerprint density at radius 1 is 1.24 bits per heavy atom. The molecule has 0 aliphatic carbocycles. The Kier molecular flexibility index (Phi) is 4.26. The van der Waals surface area contributed by atoms with Gasteiger partial charge in [0.2, 0.25) is 5.88 Å². The first-order chi connectivity index (χ1) is 9.74. The maximum Gasteiger partial charge on any atom is 0.573 e. The molecule has 112 valence electrons. The molecule has 2 N–H and O–H groups in total. The molecule has 2 rings (SSSR count). The van der Waals surface area contributed by atoms with Crippen molar-refractivity contribution in [2.75, 3.05) is 5.73 Å². The molecule has 0 aliphatic heterocycles. The first-order valence-corrected chi connectivity index (χ1v) is 6.49. The summed E-state index contributed by atoms with van der Waals surface area (Å²) in [4.78, 5) is 3.97. The lowest BCUT2D eigenvalue weighted by Crippen LogP contribution is -2.17. The average Bonchev–Trinajstić information content (AvgIpc) is 2.36. The van der Waals surface area contributed by atoms with Gasteiger partial charge in [-0.25, -0.2) is 4.98 Å². The SMILES string of the molecule is Cc1cc(Oc2ccc(OC(F)(F)F)c(Br)c2)ncc1N. The van der Waals surface area contributed by atoms with Gasteiger partial charge < -0.3 is 15.2 Å². The van der Waals surface area contributed by atoms with Crippen molar-refractivity contribution in [1.82, 2.24) is 4.98 Å². The van der Waals surface area contributed by atoms with Gasteiger partial charge in [-0.1, -0.05) is 0 Å². The van der Waals surface area contributed by atoms with Crippen LogP contribution < -0.4 is 15.2 Å². The Morgan fingerprint density at radius 2 is 1.95 bits per heavy atom. The highest BCUT2D eigenvalue weighted by atomic mass is 79.9. The number of halogens is 4. The minimum Gasteiger partial charge on any atom is -0.439 e. The fourth-order valence-electron chi connectivity index (χ4n) is 1.47. The molecule has 0 radical (unpaired) electrons. The van der Waals surface area contributed by atoms with Crippen LogP contribution in [0.1, 0.15) is 5.56 Å². The zero-order valence-corrected chi connectivity index (χ0v) is 12.3. The highest BCUT2D eigenvalue weighted by molar-refractivity contribution is 9.10. The highest BCUT2D eigenvalue weighted by Crippen LogP contribution is 2.34. The van der Waals surface area contributed by atoms with Gasteiger partial charge in [0.25, 0.3) is 0 Å². The number of aryl methyl sites for hydroxylation is 1. The molecule has 21 heavy (non-hydrogen) atoms. The Labute approximate surface area is 126 Å². The van der Waals surface area contributed by atoms with Crippen LogP contribution in [0.25, 0.3) is 0 Å². The summed E-state index contributed by atoms with van der Waals surface area (Å²) < 4.78 is 45.9. The van der Waals surface area contributed by atoms with Crippen molar-refractivity contribution in [1.29, 1.82) is 0 Å². The summed E-state index contributed by atoms with van der Waals surface area (Å²) in [5.41, 5.74) is 6.95. The standard InChI is InChI=1S/C13H10BrF3N2O2/c1-7-4-12(19-6-10(7)18)20-8-2-3-11(9(14)5-8)21-13(15,16)17/h2-6H,18H2,1H3. The number of aromatic nitrogens is 1. The van der Waals surface area contributed by atoms with Crippen LogP contribution in [-0.4, -0.2) is 11.3 Å². The van der Waals surface area contributed by atoms with Gasteiger partial charge in [0, 0.05) is 6.07 Å². The number of pyridine rings is 1. The van der Waals surface area contributed by atoms with Crippen LogP contribution in [0.4, 0.5) is 18.9 Å². The summed E-state index contributed by atoms with van der Waals surface area (Å²) in [6.45, 7) is 1.79. The molecule has 0 fully saturated rings. The van der Waals surface area contributed by atoms with Gasteiger partial charge in [0.1, 0.15) is 11.5 Å². The zero-order chi connectivity index (χ0) is 15.6. The molecular formula is C13H10BrF3N2O2. The van der Waals surface area contributed by atoms with Gasteiger partial charge in [-0.05, 0) is 46.6 Å². The molecule has 1 heterocycles. The maximum absolute atomic E-state index is 12.2. The van der Waals surface area contributed by atoms with Crippen molar-refractivity contribution in [2.45, 2.75) is 13.3 Å². The molecule has 0 aliphatic rings. The summed E-state index contributed by atoms with van der Waals surface area (Å²) in [5.74, 6) is 0.252. The Balaban J connectivity index is 2.18. The van der Waals surface area contributed by atoms with Crippen LogP contribution in [-0.2, 0) is 0 Å². The number of nitrogen functional groups attached to an aromatic ring is 1. The molecule has 1 aromatic carbocycles. The van der Waals surface area contributed by atoms with E-state index in [0.29, 0.717) is 11.4 Å². The van der Waals surface area contributed by atoms with Crippen LogP contribution in [0, 0.1) is 6.92 Å². The third-order valence-electron chi connectivity index (χ3n) is 2.48. The highest BCUT2D eigenvalue weighted by Gasteiger charge is 2.32. The lowest BCUT2D eigenvalue weighted by Gasteiger charge is -2.12. The fourth-order valence-corrected chi connectivity index (χ4v) is 1.91. The fraction of sp³-hybridized carbons (Fsp3) is 0.154. The lowest BCUT2D eigenvalue weighted by atomic mass is 10.2. The smallest absolute Gasteiger partial charge is 0.439 e. The van der Waals surface area contributed by atoms with Gasteiger partial charge in [-0.15, -0.1) is 13.2 Å². The van der Waals surface area contributed by atoms with E-state index < -0.39 is 6.36 Å². The van der Waals surface area contributed by atoms with E-state index in [4.69, 9.17) is 10.5 Å². The second-order valence-corrected chi connectivity index (χ2v) is 4.98. The molecule has 8 heteroatoms. The second-order valence-electron chi connectivity index (χ2n) is 4.12. The summed E-state index contributed by atoms with van der Waals surface area (Å²) in [6.07, 6.45) is -3.30. The van der Waals surface area contributed by atoms with Gasteiger partial charge in [0.15, 0.2) is 0 Å². The Morgan fingerprint density at radius 3 is 2.52 bits per heavy atom. The molecule has 0 unspecified atom stereocenters. The molecule has 0 amide bonds. The van der Waals surface area contributed by atoms with E-state index in [1.807, 2.05) is 0 Å². The predicted molar refractivity (Wildman–Crippen MR) is 74.3 cm³/mol. The van der Waals surface area contributed by atoms with E-state index in [9.17, 15) is 13.2 Å². The van der Waals surface area contributed by atoms with Gasteiger partial charge >= 0.3 is 6.36 Å². The van der Waals surface area contributed by atoms with Gasteiger partial charge in [0.05, 0.1) is 16.4 Å². The van der Waals surface area contributed by atoms with Gasteiger partial charge in [-0.2, -0.15) is 0 Å². The van der Waals surface area contributed by atoms with Crippen LogP contribution >= 0.6 is 15.9 Å². The van der Waals surface area contributed by atoms with E-state index >= 15 is 0 Å². The number of nitrogens with two attached hydrogens (primary N) is 1. The number of hydrogen-bond acceptors (Lipinski definition) is 4. The minimum atomic E-state index is -4.75. The van der Waals surface area contributed by atoms with Gasteiger partial charge in [-0.3, -0.25) is 0 Å². The quantitative estimate of drug-likeness (QED) is 0.877. The number of ether oxygens (including phenoxy) is 2. The molecule has 0 saturated carbocycles. The second kappa shape index (κ2) is 5.80. The van der Waals surface area contributed by atoms with Crippen LogP contribution in [0.3, 0.4) is 0 Å². The summed E-state index contributed by atoms with van der Waals surface area (Å²) in [7, 11) is 0. The van der Waals surface area contributed by atoms with E-state index in [1.165, 1.54) is 18.3 Å². The number of nitrogens with zero attached hydrogens (tertiary/aromatic N) is 1. The van der Waals surface area contributed by atoms with E-state index in [1.54, 1.807) is 13.0 Å². The predicted octanol–water partition coefficient (Wildman–Crippen LogP) is 4.43. The third-order valence-corrected chi connectivity index (χ3v) is 3.10. The van der Waals surface area contributed by atoms with E-state index in [-0.39, 0.29) is 16.1 Å². The zero-order valence-electron chi connectivity index (χ0n) is 10.7. The monoisotopic (exact) mass is 362 g/mol. The molecule has 0 atom stereocenters. The number of anilines is 1. The van der Waals surface area contributed by atoms with Crippen molar-refractivity contribution in [3.63, 3.8) is 0 Å². The van der Waals surface area contributed by atoms with Crippen LogP contribution in [0.15, 0.2) is 34.9 Å². The summed E-state index contributed by atoms with van der Waals surface area (Å²) in [5, 5.41) is 0. The molecule has 4 nitrogen and oxygen atoms in total. The van der Waals surface area contributed by atoms with Crippen molar-refractivity contribution in [3.8, 4) is 17.4 Å². The topological polar surface area (TPSA) is 57.4 Å². The maximum atomic E-state index is 12.2.